The zero-order valence-electron chi connectivity index (χ0n) is 15.3. The summed E-state index contributed by atoms with van der Waals surface area (Å²) in [5.41, 5.74) is 4.44. The van der Waals surface area contributed by atoms with Crippen molar-refractivity contribution >= 4 is 27.0 Å². The summed E-state index contributed by atoms with van der Waals surface area (Å²) in [6, 6.07) is 18.5. The van der Waals surface area contributed by atoms with Gasteiger partial charge in [0.15, 0.2) is 0 Å². The second kappa shape index (κ2) is 8.11. The van der Waals surface area contributed by atoms with Gasteiger partial charge in [-0.1, -0.05) is 34.1 Å². The van der Waals surface area contributed by atoms with Crippen LogP contribution in [0.4, 0.5) is 0 Å². The maximum Gasteiger partial charge on any atom is 0.134 e. The van der Waals surface area contributed by atoms with E-state index in [0.29, 0.717) is 0 Å². The van der Waals surface area contributed by atoms with Crippen LogP contribution in [0.3, 0.4) is 0 Å². The van der Waals surface area contributed by atoms with Crippen molar-refractivity contribution in [1.29, 1.82) is 0 Å². The van der Waals surface area contributed by atoms with Crippen molar-refractivity contribution in [3.63, 3.8) is 0 Å². The number of rotatable bonds is 7. The Morgan fingerprint density at radius 1 is 1.11 bits per heavy atom. The van der Waals surface area contributed by atoms with Crippen LogP contribution in [0.15, 0.2) is 63.5 Å². The lowest BCUT2D eigenvalue weighted by atomic mass is 10.1. The fraction of sp³-hybridized carbons (Fsp3) is 0.227. The van der Waals surface area contributed by atoms with E-state index in [4.69, 9.17) is 4.42 Å². The number of H-pyrrole nitrogens is 1. The molecule has 2 heterocycles. The summed E-state index contributed by atoms with van der Waals surface area (Å²) in [5, 5.41) is 3.45. The van der Waals surface area contributed by atoms with E-state index in [-0.39, 0.29) is 0 Å². The van der Waals surface area contributed by atoms with E-state index in [0.717, 1.165) is 64.3 Å². The third kappa shape index (κ3) is 4.31. The molecule has 0 radical (unpaired) electrons. The maximum atomic E-state index is 5.97. The maximum absolute atomic E-state index is 5.97. The molecule has 0 saturated heterocycles. The van der Waals surface area contributed by atoms with Crippen molar-refractivity contribution in [2.75, 3.05) is 6.54 Å². The van der Waals surface area contributed by atoms with Gasteiger partial charge in [0.2, 0.25) is 0 Å². The number of para-hydroxylation sites is 2. The van der Waals surface area contributed by atoms with E-state index in [1.165, 1.54) is 5.56 Å². The first kappa shape index (κ1) is 18.0. The fourth-order valence-electron chi connectivity index (χ4n) is 3.14. The molecular weight excluding hydrogens is 402 g/mol. The van der Waals surface area contributed by atoms with Crippen molar-refractivity contribution in [3.8, 4) is 11.3 Å². The number of furan rings is 1. The Kier molecular flexibility index (Phi) is 5.41. The number of benzene rings is 2. The Balaban J connectivity index is 1.26. The van der Waals surface area contributed by atoms with Gasteiger partial charge in [-0.3, -0.25) is 0 Å². The molecule has 0 amide bonds. The highest BCUT2D eigenvalue weighted by molar-refractivity contribution is 9.10. The molecule has 0 atom stereocenters. The molecular formula is C22H22BrN3O. The van der Waals surface area contributed by atoms with E-state index < -0.39 is 0 Å². The van der Waals surface area contributed by atoms with Crippen LogP contribution in [0.5, 0.6) is 0 Å². The summed E-state index contributed by atoms with van der Waals surface area (Å²) < 4.78 is 7.09. The molecule has 27 heavy (non-hydrogen) atoms. The number of fused-ring (bicyclic) bond motifs is 1. The summed E-state index contributed by atoms with van der Waals surface area (Å²) in [4.78, 5) is 7.99. The van der Waals surface area contributed by atoms with E-state index in [9.17, 15) is 0 Å². The van der Waals surface area contributed by atoms with Crippen LogP contribution >= 0.6 is 15.9 Å². The predicted octanol–water partition coefficient (Wildman–Crippen LogP) is 5.62. The van der Waals surface area contributed by atoms with Crippen molar-refractivity contribution in [3.05, 3.63) is 76.2 Å². The summed E-state index contributed by atoms with van der Waals surface area (Å²) in [5.74, 6) is 2.91. The molecule has 2 aromatic heterocycles. The highest BCUT2D eigenvalue weighted by Crippen LogP contribution is 2.26. The van der Waals surface area contributed by atoms with Gasteiger partial charge in [-0.25, -0.2) is 4.98 Å². The third-order valence-corrected chi connectivity index (χ3v) is 5.50. The SMILES string of the molecule is Cc1cc(-c2ccc(CNCCCc3nc4ccccc4[nH]3)o2)ccc1Br. The van der Waals surface area contributed by atoms with Crippen LogP contribution in [0.2, 0.25) is 0 Å². The van der Waals surface area contributed by atoms with Gasteiger partial charge in [0.25, 0.3) is 0 Å². The molecule has 4 aromatic rings. The summed E-state index contributed by atoms with van der Waals surface area (Å²) >= 11 is 3.54. The Morgan fingerprint density at radius 2 is 2.00 bits per heavy atom. The standard InChI is InChI=1S/C22H22BrN3O/c1-15-13-16(8-10-18(15)23)21-11-9-17(27-21)14-24-12-4-7-22-25-19-5-2-3-6-20(19)26-22/h2-3,5-6,8-11,13,24H,4,7,12,14H2,1H3,(H,25,26). The molecule has 138 valence electrons. The highest BCUT2D eigenvalue weighted by Gasteiger charge is 2.06. The van der Waals surface area contributed by atoms with Crippen LogP contribution in [0.1, 0.15) is 23.6 Å². The van der Waals surface area contributed by atoms with Crippen LogP contribution in [0.25, 0.3) is 22.4 Å². The fourth-order valence-corrected chi connectivity index (χ4v) is 3.39. The summed E-state index contributed by atoms with van der Waals surface area (Å²) in [6.07, 6.45) is 1.96. The van der Waals surface area contributed by atoms with Crippen LogP contribution in [-0.4, -0.2) is 16.5 Å². The normalized spacial score (nSPS) is 11.3. The number of imidazole rings is 1. The van der Waals surface area contributed by atoms with E-state index >= 15 is 0 Å². The number of hydrogen-bond acceptors (Lipinski definition) is 3. The Morgan fingerprint density at radius 3 is 2.85 bits per heavy atom. The average Bonchev–Trinajstić information content (AvgIpc) is 3.30. The Bertz CT molecular complexity index is 1020. The number of aryl methyl sites for hydroxylation is 2. The molecule has 0 saturated carbocycles. The third-order valence-electron chi connectivity index (χ3n) is 4.61. The monoisotopic (exact) mass is 423 g/mol. The molecule has 0 aliphatic heterocycles. The van der Waals surface area contributed by atoms with Crippen molar-refractivity contribution in [1.82, 2.24) is 15.3 Å². The molecule has 4 rings (SSSR count). The zero-order chi connectivity index (χ0) is 18.6. The van der Waals surface area contributed by atoms with Gasteiger partial charge in [-0.05, 0) is 61.9 Å². The van der Waals surface area contributed by atoms with Crippen molar-refractivity contribution in [2.24, 2.45) is 0 Å². The van der Waals surface area contributed by atoms with Gasteiger partial charge in [0.05, 0.1) is 17.6 Å². The summed E-state index contributed by atoms with van der Waals surface area (Å²) in [6.45, 7) is 3.74. The summed E-state index contributed by atoms with van der Waals surface area (Å²) in [7, 11) is 0. The first-order valence-corrected chi connectivity index (χ1v) is 9.98. The van der Waals surface area contributed by atoms with E-state index in [1.54, 1.807) is 0 Å². The minimum Gasteiger partial charge on any atom is -0.460 e. The molecule has 5 heteroatoms. The van der Waals surface area contributed by atoms with Gasteiger partial charge in [-0.15, -0.1) is 0 Å². The average molecular weight is 424 g/mol. The number of nitrogens with zero attached hydrogens (tertiary/aromatic N) is 1. The van der Waals surface area contributed by atoms with Gasteiger partial charge in [0, 0.05) is 16.5 Å². The first-order chi connectivity index (χ1) is 13.2. The number of aromatic nitrogens is 2. The van der Waals surface area contributed by atoms with Crippen LogP contribution in [-0.2, 0) is 13.0 Å². The lowest BCUT2D eigenvalue weighted by Gasteiger charge is -2.03. The second-order valence-electron chi connectivity index (χ2n) is 6.71. The van der Waals surface area contributed by atoms with E-state index in [2.05, 4.69) is 62.4 Å². The second-order valence-corrected chi connectivity index (χ2v) is 7.57. The number of hydrogen-bond donors (Lipinski definition) is 2. The van der Waals surface area contributed by atoms with Crippen molar-refractivity contribution in [2.45, 2.75) is 26.3 Å². The Hall–Kier alpha value is -2.37. The van der Waals surface area contributed by atoms with Gasteiger partial charge in [0.1, 0.15) is 17.3 Å². The molecule has 4 nitrogen and oxygen atoms in total. The molecule has 2 N–H and O–H groups in total. The number of halogens is 1. The largest absolute Gasteiger partial charge is 0.460 e. The quantitative estimate of drug-likeness (QED) is 0.379. The predicted molar refractivity (Wildman–Crippen MR) is 113 cm³/mol. The molecule has 0 spiro atoms. The Labute approximate surface area is 167 Å². The topological polar surface area (TPSA) is 53.9 Å². The molecule has 0 fully saturated rings. The molecule has 2 aromatic carbocycles. The smallest absolute Gasteiger partial charge is 0.134 e. The lowest BCUT2D eigenvalue weighted by Crippen LogP contribution is -2.15. The van der Waals surface area contributed by atoms with Gasteiger partial charge in [-0.2, -0.15) is 0 Å². The molecule has 0 aliphatic rings. The molecule has 0 unspecified atom stereocenters. The first-order valence-electron chi connectivity index (χ1n) is 9.18. The van der Waals surface area contributed by atoms with Crippen LogP contribution in [0, 0.1) is 6.92 Å². The lowest BCUT2D eigenvalue weighted by molar-refractivity contribution is 0.490. The van der Waals surface area contributed by atoms with Crippen LogP contribution < -0.4 is 5.32 Å². The molecule has 0 bridgehead atoms. The van der Waals surface area contributed by atoms with E-state index in [1.807, 2.05) is 30.3 Å². The highest BCUT2D eigenvalue weighted by atomic mass is 79.9. The van der Waals surface area contributed by atoms with Gasteiger partial charge < -0.3 is 14.7 Å². The zero-order valence-corrected chi connectivity index (χ0v) is 16.8. The number of nitrogens with one attached hydrogen (secondary N) is 2. The minimum absolute atomic E-state index is 0.732. The minimum atomic E-state index is 0.732. The van der Waals surface area contributed by atoms with Crippen molar-refractivity contribution < 1.29 is 4.42 Å². The molecule has 0 aliphatic carbocycles. The number of aromatic amines is 1. The van der Waals surface area contributed by atoms with Gasteiger partial charge >= 0.3 is 0 Å².